The minimum atomic E-state index is -0.415. The van der Waals surface area contributed by atoms with Crippen LogP contribution in [0.5, 0.6) is 11.5 Å². The van der Waals surface area contributed by atoms with Gasteiger partial charge in [0.2, 0.25) is 0 Å². The number of hydrogen-bond acceptors (Lipinski definition) is 6. The van der Waals surface area contributed by atoms with Gasteiger partial charge in [-0.05, 0) is 70.2 Å². The molecule has 28 heavy (non-hydrogen) atoms. The molecule has 0 unspecified atom stereocenters. The quantitative estimate of drug-likeness (QED) is 0.666. The maximum absolute atomic E-state index is 12.5. The van der Waals surface area contributed by atoms with Gasteiger partial charge in [-0.2, -0.15) is 0 Å². The molecular formula is C20H26N2O5S. The number of hydrogen-bond donors (Lipinski definition) is 1. The Morgan fingerprint density at radius 2 is 1.82 bits per heavy atom. The number of rotatable bonds is 8. The third kappa shape index (κ3) is 5.51. The normalized spacial score (nSPS) is 15.3. The summed E-state index contributed by atoms with van der Waals surface area (Å²) in [5.41, 5.74) is 0.695. The van der Waals surface area contributed by atoms with Crippen molar-refractivity contribution in [1.29, 1.82) is 0 Å². The van der Waals surface area contributed by atoms with Crippen molar-refractivity contribution in [3.63, 3.8) is 0 Å². The van der Waals surface area contributed by atoms with Crippen LogP contribution in [-0.4, -0.2) is 47.3 Å². The van der Waals surface area contributed by atoms with Crippen LogP contribution in [-0.2, 0) is 9.59 Å². The Morgan fingerprint density at radius 3 is 2.36 bits per heavy atom. The van der Waals surface area contributed by atoms with Gasteiger partial charge in [-0.25, -0.2) is 0 Å². The Kier molecular flexibility index (Phi) is 7.51. The topological polar surface area (TPSA) is 84.9 Å². The molecule has 7 nitrogen and oxygen atoms in total. The maximum atomic E-state index is 12.5. The van der Waals surface area contributed by atoms with E-state index in [1.54, 1.807) is 29.2 Å². The van der Waals surface area contributed by atoms with Gasteiger partial charge in [0.25, 0.3) is 17.1 Å². The zero-order chi connectivity index (χ0) is 20.8. The first-order valence-corrected chi connectivity index (χ1v) is 10.00. The van der Waals surface area contributed by atoms with Crippen molar-refractivity contribution in [2.24, 2.45) is 0 Å². The van der Waals surface area contributed by atoms with E-state index in [0.29, 0.717) is 28.6 Å². The number of thioether (sulfide) groups is 1. The van der Waals surface area contributed by atoms with Gasteiger partial charge in [0.1, 0.15) is 0 Å². The van der Waals surface area contributed by atoms with Gasteiger partial charge < -0.3 is 14.4 Å². The van der Waals surface area contributed by atoms with Crippen molar-refractivity contribution in [3.8, 4) is 11.5 Å². The minimum absolute atomic E-state index is 0.0780. The van der Waals surface area contributed by atoms with E-state index in [2.05, 4.69) is 5.32 Å². The molecule has 1 fully saturated rings. The van der Waals surface area contributed by atoms with Gasteiger partial charge in [-0.3, -0.25) is 19.7 Å². The van der Waals surface area contributed by atoms with Gasteiger partial charge in [0, 0.05) is 12.1 Å². The van der Waals surface area contributed by atoms with Crippen LogP contribution >= 0.6 is 11.8 Å². The number of benzene rings is 1. The molecule has 0 spiro atoms. The molecule has 152 valence electrons. The molecule has 1 N–H and O–H groups in total. The van der Waals surface area contributed by atoms with E-state index in [1.165, 1.54) is 0 Å². The van der Waals surface area contributed by atoms with Gasteiger partial charge in [0.15, 0.2) is 18.1 Å². The standard InChI is InChI=1S/C20H26N2O5S/c1-6-26-16-9-14(10-17-19(24)21-20(25)28-17)7-8-15(16)27-11-18(23)22(12(2)3)13(4)5/h7-10,12-13H,6,11H2,1-5H3,(H,21,24,25)/b17-10-. The molecule has 1 aliphatic heterocycles. The molecule has 1 aromatic carbocycles. The second-order valence-corrected chi connectivity index (χ2v) is 7.78. The lowest BCUT2D eigenvalue weighted by atomic mass is 10.2. The first kappa shape index (κ1) is 21.8. The summed E-state index contributed by atoms with van der Waals surface area (Å²) in [6.45, 7) is 10.0. The van der Waals surface area contributed by atoms with E-state index in [9.17, 15) is 14.4 Å². The molecule has 1 aromatic rings. The van der Waals surface area contributed by atoms with E-state index < -0.39 is 5.91 Å². The lowest BCUT2D eigenvalue weighted by molar-refractivity contribution is -0.137. The predicted octanol–water partition coefficient (Wildman–Crippen LogP) is 3.43. The van der Waals surface area contributed by atoms with Crippen molar-refractivity contribution in [2.45, 2.75) is 46.7 Å². The van der Waals surface area contributed by atoms with Crippen LogP contribution in [0.25, 0.3) is 6.08 Å². The number of nitrogens with one attached hydrogen (secondary N) is 1. The van der Waals surface area contributed by atoms with Crippen molar-refractivity contribution < 1.29 is 23.9 Å². The molecule has 1 aliphatic rings. The van der Waals surface area contributed by atoms with E-state index in [1.807, 2.05) is 34.6 Å². The summed E-state index contributed by atoms with van der Waals surface area (Å²) in [7, 11) is 0. The van der Waals surface area contributed by atoms with Crippen LogP contribution < -0.4 is 14.8 Å². The fourth-order valence-corrected chi connectivity index (χ4v) is 3.64. The van der Waals surface area contributed by atoms with Crippen LogP contribution in [0.1, 0.15) is 40.2 Å². The van der Waals surface area contributed by atoms with Crippen molar-refractivity contribution >= 4 is 34.9 Å². The van der Waals surface area contributed by atoms with Crippen molar-refractivity contribution in [1.82, 2.24) is 10.2 Å². The average Bonchev–Trinajstić information content (AvgIpc) is 2.91. The average molecular weight is 407 g/mol. The highest BCUT2D eigenvalue weighted by Gasteiger charge is 2.25. The van der Waals surface area contributed by atoms with Crippen LogP contribution in [0.3, 0.4) is 0 Å². The molecule has 8 heteroatoms. The van der Waals surface area contributed by atoms with E-state index in [0.717, 1.165) is 11.8 Å². The molecule has 0 aliphatic carbocycles. The second kappa shape index (κ2) is 9.64. The molecular weight excluding hydrogens is 380 g/mol. The molecule has 1 saturated heterocycles. The van der Waals surface area contributed by atoms with Crippen LogP contribution in [0.15, 0.2) is 23.1 Å². The van der Waals surface area contributed by atoms with Crippen LogP contribution in [0.4, 0.5) is 4.79 Å². The first-order valence-electron chi connectivity index (χ1n) is 9.18. The lowest BCUT2D eigenvalue weighted by Crippen LogP contribution is -2.44. The second-order valence-electron chi connectivity index (χ2n) is 6.77. The fraction of sp³-hybridized carbons (Fsp3) is 0.450. The van der Waals surface area contributed by atoms with Crippen LogP contribution in [0.2, 0.25) is 0 Å². The number of nitrogens with zero attached hydrogens (tertiary/aromatic N) is 1. The third-order valence-electron chi connectivity index (χ3n) is 3.96. The highest BCUT2D eigenvalue weighted by Crippen LogP contribution is 2.32. The predicted molar refractivity (Wildman–Crippen MR) is 109 cm³/mol. The molecule has 0 bridgehead atoms. The maximum Gasteiger partial charge on any atom is 0.290 e. The Morgan fingerprint density at radius 1 is 1.14 bits per heavy atom. The Bertz CT molecular complexity index is 781. The van der Waals surface area contributed by atoms with Gasteiger partial charge >= 0.3 is 0 Å². The molecule has 0 radical (unpaired) electrons. The number of ether oxygens (including phenoxy) is 2. The summed E-state index contributed by atoms with van der Waals surface area (Å²) in [4.78, 5) is 37.6. The molecule has 3 amide bonds. The Labute approximate surface area is 169 Å². The highest BCUT2D eigenvalue weighted by molar-refractivity contribution is 8.18. The number of carbonyl (C=O) groups excluding carboxylic acids is 3. The zero-order valence-corrected chi connectivity index (χ0v) is 17.6. The molecule has 0 aromatic heterocycles. The third-order valence-corrected chi connectivity index (χ3v) is 4.77. The zero-order valence-electron chi connectivity index (χ0n) is 16.8. The Hall–Kier alpha value is -2.48. The van der Waals surface area contributed by atoms with E-state index >= 15 is 0 Å². The molecule has 0 atom stereocenters. The highest BCUT2D eigenvalue weighted by atomic mass is 32.2. The summed E-state index contributed by atoms with van der Waals surface area (Å²) in [6, 6.07) is 5.31. The number of amides is 3. The molecule has 2 rings (SSSR count). The van der Waals surface area contributed by atoms with E-state index in [-0.39, 0.29) is 29.8 Å². The summed E-state index contributed by atoms with van der Waals surface area (Å²) < 4.78 is 11.3. The summed E-state index contributed by atoms with van der Waals surface area (Å²) in [6.07, 6.45) is 1.61. The van der Waals surface area contributed by atoms with E-state index in [4.69, 9.17) is 9.47 Å². The fourth-order valence-electron chi connectivity index (χ4n) is 2.96. The first-order chi connectivity index (χ1) is 13.2. The molecule has 1 heterocycles. The number of imide groups is 1. The summed E-state index contributed by atoms with van der Waals surface area (Å²) in [5.74, 6) is 0.405. The van der Waals surface area contributed by atoms with Gasteiger partial charge in [-0.1, -0.05) is 6.07 Å². The van der Waals surface area contributed by atoms with Gasteiger partial charge in [-0.15, -0.1) is 0 Å². The van der Waals surface area contributed by atoms with Crippen molar-refractivity contribution in [2.75, 3.05) is 13.2 Å². The number of carbonyl (C=O) groups is 3. The minimum Gasteiger partial charge on any atom is -0.490 e. The molecule has 0 saturated carbocycles. The van der Waals surface area contributed by atoms with Gasteiger partial charge in [0.05, 0.1) is 11.5 Å². The van der Waals surface area contributed by atoms with Crippen LogP contribution in [0, 0.1) is 0 Å². The van der Waals surface area contributed by atoms with Crippen molar-refractivity contribution in [3.05, 3.63) is 28.7 Å². The summed E-state index contributed by atoms with van der Waals surface area (Å²) >= 11 is 0.854. The lowest BCUT2D eigenvalue weighted by Gasteiger charge is -2.30. The largest absolute Gasteiger partial charge is 0.490 e. The monoisotopic (exact) mass is 406 g/mol. The SMILES string of the molecule is CCOc1cc(/C=C2\SC(=O)NC2=O)ccc1OCC(=O)N(C(C)C)C(C)C. The summed E-state index contributed by atoms with van der Waals surface area (Å²) in [5, 5.41) is 1.83. The smallest absolute Gasteiger partial charge is 0.290 e. The Balaban J connectivity index is 2.17.